The van der Waals surface area contributed by atoms with Gasteiger partial charge in [-0.2, -0.15) is 5.10 Å². The van der Waals surface area contributed by atoms with Crippen LogP contribution in [0.2, 0.25) is 0 Å². The van der Waals surface area contributed by atoms with Crippen LogP contribution in [-0.2, 0) is 9.59 Å². The number of carbonyl (C=O) groups is 2. The third kappa shape index (κ3) is 1.28. The SMILES string of the molecule is C[C@H]1C(N)C(=O)N1N=CC(=O)O. The molecule has 0 radical (unpaired) electrons. The first-order valence-electron chi connectivity index (χ1n) is 3.39. The first-order chi connectivity index (χ1) is 5.54. The van der Waals surface area contributed by atoms with Crippen LogP contribution in [0.3, 0.4) is 0 Å². The maximum Gasteiger partial charge on any atom is 0.348 e. The van der Waals surface area contributed by atoms with Crippen molar-refractivity contribution in [3.8, 4) is 0 Å². The van der Waals surface area contributed by atoms with Gasteiger partial charge in [-0.3, -0.25) is 4.79 Å². The molecule has 0 aromatic carbocycles. The number of amides is 1. The third-order valence-electron chi connectivity index (χ3n) is 1.71. The van der Waals surface area contributed by atoms with Crippen molar-refractivity contribution in [2.45, 2.75) is 19.0 Å². The predicted molar refractivity (Wildman–Crippen MR) is 40.4 cm³/mol. The van der Waals surface area contributed by atoms with Crippen molar-refractivity contribution in [1.29, 1.82) is 0 Å². The van der Waals surface area contributed by atoms with Gasteiger partial charge in [0.05, 0.1) is 6.04 Å². The van der Waals surface area contributed by atoms with Gasteiger partial charge in [0, 0.05) is 0 Å². The van der Waals surface area contributed by atoms with Gasteiger partial charge in [0.25, 0.3) is 5.91 Å². The molecule has 66 valence electrons. The van der Waals surface area contributed by atoms with E-state index in [-0.39, 0.29) is 11.9 Å². The van der Waals surface area contributed by atoms with Crippen molar-refractivity contribution >= 4 is 18.1 Å². The summed E-state index contributed by atoms with van der Waals surface area (Å²) in [7, 11) is 0. The van der Waals surface area contributed by atoms with E-state index in [0.29, 0.717) is 6.21 Å². The molecule has 1 amide bonds. The molecule has 1 rings (SSSR count). The zero-order chi connectivity index (χ0) is 9.30. The number of hydrazone groups is 1. The number of carboxylic acids is 1. The van der Waals surface area contributed by atoms with Gasteiger partial charge < -0.3 is 10.8 Å². The van der Waals surface area contributed by atoms with Crippen LogP contribution >= 0.6 is 0 Å². The van der Waals surface area contributed by atoms with E-state index in [1.54, 1.807) is 6.92 Å². The Morgan fingerprint density at radius 1 is 1.83 bits per heavy atom. The van der Waals surface area contributed by atoms with E-state index in [1.807, 2.05) is 0 Å². The zero-order valence-electron chi connectivity index (χ0n) is 6.47. The number of hydrogen-bond acceptors (Lipinski definition) is 4. The summed E-state index contributed by atoms with van der Waals surface area (Å²) >= 11 is 0. The van der Waals surface area contributed by atoms with Gasteiger partial charge in [-0.25, -0.2) is 9.80 Å². The molecule has 0 spiro atoms. The molecule has 0 saturated carbocycles. The lowest BCUT2D eigenvalue weighted by Crippen LogP contribution is -2.65. The van der Waals surface area contributed by atoms with Gasteiger partial charge in [-0.05, 0) is 6.92 Å². The molecule has 1 heterocycles. The van der Waals surface area contributed by atoms with Gasteiger partial charge >= 0.3 is 5.97 Å². The van der Waals surface area contributed by atoms with Crippen LogP contribution < -0.4 is 5.73 Å². The number of carbonyl (C=O) groups excluding carboxylic acids is 1. The third-order valence-corrected chi connectivity index (χ3v) is 1.71. The van der Waals surface area contributed by atoms with E-state index in [0.717, 1.165) is 5.01 Å². The van der Waals surface area contributed by atoms with Gasteiger partial charge in [0.2, 0.25) is 0 Å². The van der Waals surface area contributed by atoms with Gasteiger partial charge in [0.1, 0.15) is 12.3 Å². The van der Waals surface area contributed by atoms with Gasteiger partial charge in [-0.15, -0.1) is 0 Å². The molecule has 6 heteroatoms. The lowest BCUT2D eigenvalue weighted by atomic mass is 10.0. The number of β-lactam (4-membered cyclic amide) rings is 1. The Morgan fingerprint density at radius 2 is 2.42 bits per heavy atom. The largest absolute Gasteiger partial charge is 0.477 e. The smallest absolute Gasteiger partial charge is 0.348 e. The Balaban J connectivity index is 2.56. The second-order valence-electron chi connectivity index (χ2n) is 2.53. The first kappa shape index (κ1) is 8.66. The number of nitrogens with zero attached hydrogens (tertiary/aromatic N) is 2. The summed E-state index contributed by atoms with van der Waals surface area (Å²) in [6.45, 7) is 1.70. The molecule has 3 N–H and O–H groups in total. The van der Waals surface area contributed by atoms with E-state index in [9.17, 15) is 9.59 Å². The fourth-order valence-corrected chi connectivity index (χ4v) is 0.903. The highest BCUT2D eigenvalue weighted by Gasteiger charge is 2.41. The van der Waals surface area contributed by atoms with Crippen LogP contribution in [0, 0.1) is 0 Å². The molecular formula is C6H9N3O3. The summed E-state index contributed by atoms with van der Waals surface area (Å²) in [5, 5.41) is 12.7. The van der Waals surface area contributed by atoms with Crippen LogP contribution in [0.15, 0.2) is 5.10 Å². The van der Waals surface area contributed by atoms with Gasteiger partial charge in [0.15, 0.2) is 0 Å². The standard InChI is InChI=1S/C6H9N3O3/c1-3-5(7)6(12)9(3)8-2-4(10)11/h2-3,5H,7H2,1H3,(H,10,11)/t3-,5?/m0/s1. The highest BCUT2D eigenvalue weighted by atomic mass is 16.4. The van der Waals surface area contributed by atoms with Crippen LogP contribution in [0.1, 0.15) is 6.92 Å². The maximum absolute atomic E-state index is 10.9. The van der Waals surface area contributed by atoms with Crippen LogP contribution in [0.5, 0.6) is 0 Å². The number of hydrogen-bond donors (Lipinski definition) is 2. The van der Waals surface area contributed by atoms with E-state index in [4.69, 9.17) is 10.8 Å². The predicted octanol–water partition coefficient (Wildman–Crippen LogP) is -1.39. The number of aliphatic carboxylic acids is 1. The van der Waals surface area contributed by atoms with Crippen LogP contribution in [0.4, 0.5) is 0 Å². The molecule has 0 aliphatic carbocycles. The van der Waals surface area contributed by atoms with Crippen molar-refractivity contribution in [2.24, 2.45) is 10.8 Å². The van der Waals surface area contributed by atoms with Crippen LogP contribution in [0.25, 0.3) is 0 Å². The second kappa shape index (κ2) is 2.90. The second-order valence-corrected chi connectivity index (χ2v) is 2.53. The highest BCUT2D eigenvalue weighted by molar-refractivity contribution is 6.22. The fraction of sp³-hybridized carbons (Fsp3) is 0.500. The number of carboxylic acid groups (broad SMARTS) is 1. The molecule has 0 bridgehead atoms. The summed E-state index contributed by atoms with van der Waals surface area (Å²) < 4.78 is 0. The quantitative estimate of drug-likeness (QED) is 0.395. The normalized spacial score (nSPS) is 29.2. The monoisotopic (exact) mass is 171 g/mol. The van der Waals surface area contributed by atoms with Crippen molar-refractivity contribution in [1.82, 2.24) is 5.01 Å². The molecule has 2 atom stereocenters. The Kier molecular flexibility index (Phi) is 2.09. The molecule has 0 aromatic rings. The summed E-state index contributed by atoms with van der Waals surface area (Å²) in [6, 6.07) is -0.760. The summed E-state index contributed by atoms with van der Waals surface area (Å²) in [5.41, 5.74) is 5.35. The molecule has 1 fully saturated rings. The van der Waals surface area contributed by atoms with Crippen molar-refractivity contribution < 1.29 is 14.7 Å². The van der Waals surface area contributed by atoms with Crippen molar-refractivity contribution in [3.63, 3.8) is 0 Å². The Bertz CT molecular complexity index is 250. The molecule has 1 aliphatic heterocycles. The Morgan fingerprint density at radius 3 is 2.83 bits per heavy atom. The maximum atomic E-state index is 10.9. The van der Waals surface area contributed by atoms with E-state index in [1.165, 1.54) is 0 Å². The average molecular weight is 171 g/mol. The first-order valence-corrected chi connectivity index (χ1v) is 3.39. The fourth-order valence-electron chi connectivity index (χ4n) is 0.903. The summed E-state index contributed by atoms with van der Waals surface area (Å²) in [5.74, 6) is -1.53. The molecule has 1 unspecified atom stereocenters. The minimum Gasteiger partial charge on any atom is -0.477 e. The number of rotatable bonds is 2. The lowest BCUT2D eigenvalue weighted by Gasteiger charge is -2.38. The zero-order valence-corrected chi connectivity index (χ0v) is 6.47. The van der Waals surface area contributed by atoms with Crippen molar-refractivity contribution in [3.05, 3.63) is 0 Å². The Labute approximate surface area is 68.6 Å². The minimum atomic E-state index is -1.18. The minimum absolute atomic E-state index is 0.215. The highest BCUT2D eigenvalue weighted by Crippen LogP contribution is 2.16. The molecule has 6 nitrogen and oxygen atoms in total. The van der Waals surface area contributed by atoms with E-state index in [2.05, 4.69) is 5.10 Å². The summed E-state index contributed by atoms with van der Waals surface area (Å²) in [4.78, 5) is 20.9. The molecule has 0 aromatic heterocycles. The van der Waals surface area contributed by atoms with Gasteiger partial charge in [-0.1, -0.05) is 0 Å². The van der Waals surface area contributed by atoms with Crippen LogP contribution in [-0.4, -0.2) is 40.3 Å². The number of nitrogens with two attached hydrogens (primary N) is 1. The molecule has 1 aliphatic rings. The van der Waals surface area contributed by atoms with Crippen molar-refractivity contribution in [2.75, 3.05) is 0 Å². The average Bonchev–Trinajstić information content (AvgIpc) is 2.03. The lowest BCUT2D eigenvalue weighted by molar-refractivity contribution is -0.148. The summed E-state index contributed by atoms with van der Waals surface area (Å²) in [6.07, 6.45) is 0.667. The van der Waals surface area contributed by atoms with E-state index < -0.39 is 12.0 Å². The molecule has 12 heavy (non-hydrogen) atoms. The molecular weight excluding hydrogens is 162 g/mol. The Hall–Kier alpha value is -1.43. The van der Waals surface area contributed by atoms with E-state index >= 15 is 0 Å². The molecule has 1 saturated heterocycles. The topological polar surface area (TPSA) is 96.0 Å².